The lowest BCUT2D eigenvalue weighted by Crippen LogP contribution is -2.52. The van der Waals surface area contributed by atoms with Gasteiger partial charge in [-0.1, -0.05) is 23.8 Å². The highest BCUT2D eigenvalue weighted by molar-refractivity contribution is 7.12. The first-order chi connectivity index (χ1) is 13.9. The van der Waals surface area contributed by atoms with E-state index >= 15 is 0 Å². The lowest BCUT2D eigenvalue weighted by molar-refractivity contribution is -0.133. The highest BCUT2D eigenvalue weighted by Gasteiger charge is 2.25. The van der Waals surface area contributed by atoms with Crippen molar-refractivity contribution in [3.63, 3.8) is 0 Å². The fraction of sp³-hybridized carbons (Fsp3) is 0.381. The quantitative estimate of drug-likeness (QED) is 0.784. The number of hydrogen-bond donors (Lipinski definition) is 1. The van der Waals surface area contributed by atoms with Gasteiger partial charge in [0.2, 0.25) is 11.8 Å². The van der Waals surface area contributed by atoms with E-state index in [4.69, 9.17) is 0 Å². The maximum atomic E-state index is 12.5. The number of likely N-dealkylation sites (N-methyl/N-ethyl adjacent to an activating group) is 1. The summed E-state index contributed by atoms with van der Waals surface area (Å²) in [5.74, 6) is -0.161. The summed E-state index contributed by atoms with van der Waals surface area (Å²) in [5, 5.41) is 4.72. The molecule has 3 rings (SSSR count). The molecule has 1 saturated heterocycles. The minimum Gasteiger partial charge on any atom is -0.338 e. The first-order valence-corrected chi connectivity index (χ1v) is 10.5. The topological polar surface area (TPSA) is 73.0 Å². The van der Waals surface area contributed by atoms with E-state index in [1.54, 1.807) is 21.7 Å². The Kier molecular flexibility index (Phi) is 7.00. The third-order valence-electron chi connectivity index (χ3n) is 4.81. The van der Waals surface area contributed by atoms with Crippen molar-refractivity contribution in [2.45, 2.75) is 6.92 Å². The standard InChI is InChI=1S/C21H26N4O3S/c1-16-5-7-17(8-6-16)22-19(26)14-23(2)15-20(27)24-9-11-25(12-10-24)21(28)18-4-3-13-29-18/h3-8,13H,9-12,14-15H2,1-2H3,(H,22,26). The molecule has 0 atom stereocenters. The van der Waals surface area contributed by atoms with Gasteiger partial charge in [-0.15, -0.1) is 11.3 Å². The predicted octanol–water partition coefficient (Wildman–Crippen LogP) is 1.91. The van der Waals surface area contributed by atoms with Crippen molar-refractivity contribution in [2.75, 3.05) is 51.6 Å². The van der Waals surface area contributed by atoms with E-state index in [1.165, 1.54) is 11.3 Å². The van der Waals surface area contributed by atoms with Gasteiger partial charge in [0, 0.05) is 31.9 Å². The summed E-state index contributed by atoms with van der Waals surface area (Å²) in [7, 11) is 1.75. The number of benzene rings is 1. The van der Waals surface area contributed by atoms with Crippen molar-refractivity contribution in [2.24, 2.45) is 0 Å². The van der Waals surface area contributed by atoms with Crippen LogP contribution in [0.4, 0.5) is 5.69 Å². The minimum atomic E-state index is -0.157. The number of anilines is 1. The third-order valence-corrected chi connectivity index (χ3v) is 5.66. The normalized spacial score (nSPS) is 14.2. The Morgan fingerprint density at radius 1 is 1.00 bits per heavy atom. The molecule has 2 aromatic rings. The number of carbonyl (C=O) groups is 3. The number of nitrogens with zero attached hydrogens (tertiary/aromatic N) is 3. The molecule has 1 fully saturated rings. The van der Waals surface area contributed by atoms with Gasteiger partial charge >= 0.3 is 0 Å². The van der Waals surface area contributed by atoms with Gasteiger partial charge in [0.25, 0.3) is 5.91 Å². The van der Waals surface area contributed by atoms with Crippen molar-refractivity contribution in [3.05, 3.63) is 52.2 Å². The van der Waals surface area contributed by atoms with Gasteiger partial charge in [-0.05, 0) is 37.6 Å². The number of piperazine rings is 1. The lowest BCUT2D eigenvalue weighted by Gasteiger charge is -2.35. The molecule has 8 heteroatoms. The molecular formula is C21H26N4O3S. The van der Waals surface area contributed by atoms with E-state index < -0.39 is 0 Å². The van der Waals surface area contributed by atoms with E-state index in [9.17, 15) is 14.4 Å². The van der Waals surface area contributed by atoms with Gasteiger partial charge < -0.3 is 15.1 Å². The Labute approximate surface area is 174 Å². The van der Waals surface area contributed by atoms with Gasteiger partial charge in [0.05, 0.1) is 18.0 Å². The highest BCUT2D eigenvalue weighted by atomic mass is 32.1. The average Bonchev–Trinajstić information content (AvgIpc) is 3.24. The van der Waals surface area contributed by atoms with Gasteiger partial charge in [-0.25, -0.2) is 0 Å². The van der Waals surface area contributed by atoms with E-state index in [0.29, 0.717) is 26.2 Å². The van der Waals surface area contributed by atoms with E-state index in [0.717, 1.165) is 16.1 Å². The molecule has 1 aliphatic rings. The van der Waals surface area contributed by atoms with Crippen molar-refractivity contribution >= 4 is 34.7 Å². The number of rotatable bonds is 6. The van der Waals surface area contributed by atoms with E-state index in [-0.39, 0.29) is 30.8 Å². The molecule has 1 aromatic heterocycles. The molecule has 3 amide bonds. The van der Waals surface area contributed by atoms with Gasteiger partial charge in [-0.3, -0.25) is 19.3 Å². The summed E-state index contributed by atoms with van der Waals surface area (Å²) in [5.41, 5.74) is 1.87. The van der Waals surface area contributed by atoms with Crippen molar-refractivity contribution in [3.8, 4) is 0 Å². The number of nitrogens with one attached hydrogen (secondary N) is 1. The predicted molar refractivity (Wildman–Crippen MR) is 114 cm³/mol. The molecule has 0 aliphatic carbocycles. The van der Waals surface area contributed by atoms with Crippen LogP contribution >= 0.6 is 11.3 Å². The summed E-state index contributed by atoms with van der Waals surface area (Å²) >= 11 is 1.43. The maximum absolute atomic E-state index is 12.5. The molecule has 1 aliphatic heterocycles. The molecule has 0 bridgehead atoms. The molecule has 1 aromatic carbocycles. The summed E-state index contributed by atoms with van der Waals surface area (Å²) in [6, 6.07) is 11.3. The first-order valence-electron chi connectivity index (χ1n) is 9.58. The van der Waals surface area contributed by atoms with Crippen LogP contribution in [0.2, 0.25) is 0 Å². The number of aryl methyl sites for hydroxylation is 1. The summed E-state index contributed by atoms with van der Waals surface area (Å²) in [6.45, 7) is 4.37. The number of amides is 3. The third kappa shape index (κ3) is 5.88. The fourth-order valence-electron chi connectivity index (χ4n) is 3.18. The molecule has 29 heavy (non-hydrogen) atoms. The summed E-state index contributed by atoms with van der Waals surface area (Å²) in [4.78, 5) is 43.1. The monoisotopic (exact) mass is 414 g/mol. The zero-order chi connectivity index (χ0) is 20.8. The summed E-state index contributed by atoms with van der Waals surface area (Å²) in [6.07, 6.45) is 0. The van der Waals surface area contributed by atoms with Crippen LogP contribution in [0.15, 0.2) is 41.8 Å². The van der Waals surface area contributed by atoms with Crippen LogP contribution in [-0.2, 0) is 9.59 Å². The van der Waals surface area contributed by atoms with Gasteiger partial charge in [-0.2, -0.15) is 0 Å². The Morgan fingerprint density at radius 3 is 2.28 bits per heavy atom. The average molecular weight is 415 g/mol. The Hall–Kier alpha value is -2.71. The fourth-order valence-corrected chi connectivity index (χ4v) is 3.88. The van der Waals surface area contributed by atoms with E-state index in [1.807, 2.05) is 48.7 Å². The molecule has 154 valence electrons. The number of hydrogen-bond acceptors (Lipinski definition) is 5. The smallest absolute Gasteiger partial charge is 0.264 e. The van der Waals surface area contributed by atoms with Crippen LogP contribution in [0.5, 0.6) is 0 Å². The molecule has 7 nitrogen and oxygen atoms in total. The second-order valence-electron chi connectivity index (χ2n) is 7.24. The Balaban J connectivity index is 1.41. The van der Waals surface area contributed by atoms with Crippen LogP contribution in [0.3, 0.4) is 0 Å². The zero-order valence-electron chi connectivity index (χ0n) is 16.8. The van der Waals surface area contributed by atoms with Crippen LogP contribution in [0.1, 0.15) is 15.2 Å². The van der Waals surface area contributed by atoms with Crippen LogP contribution in [-0.4, -0.2) is 78.7 Å². The summed E-state index contributed by atoms with van der Waals surface area (Å²) < 4.78 is 0. The minimum absolute atomic E-state index is 0.0250. The van der Waals surface area contributed by atoms with Gasteiger partial charge in [0.15, 0.2) is 0 Å². The molecule has 2 heterocycles. The zero-order valence-corrected chi connectivity index (χ0v) is 17.6. The molecule has 0 spiro atoms. The molecule has 1 N–H and O–H groups in total. The molecule has 0 saturated carbocycles. The van der Waals surface area contributed by atoms with Crippen molar-refractivity contribution < 1.29 is 14.4 Å². The van der Waals surface area contributed by atoms with E-state index in [2.05, 4.69) is 5.32 Å². The maximum Gasteiger partial charge on any atom is 0.264 e. The SMILES string of the molecule is Cc1ccc(NC(=O)CN(C)CC(=O)N2CCN(C(=O)c3cccs3)CC2)cc1. The molecular weight excluding hydrogens is 388 g/mol. The Bertz CT molecular complexity index is 843. The van der Waals surface area contributed by atoms with Crippen LogP contribution in [0.25, 0.3) is 0 Å². The Morgan fingerprint density at radius 2 is 1.66 bits per heavy atom. The molecule has 0 radical (unpaired) electrons. The van der Waals surface area contributed by atoms with Gasteiger partial charge in [0.1, 0.15) is 0 Å². The number of thiophene rings is 1. The first kappa shape index (κ1) is 21.0. The second-order valence-corrected chi connectivity index (χ2v) is 8.18. The highest BCUT2D eigenvalue weighted by Crippen LogP contribution is 2.14. The largest absolute Gasteiger partial charge is 0.338 e. The van der Waals surface area contributed by atoms with Crippen molar-refractivity contribution in [1.29, 1.82) is 0 Å². The lowest BCUT2D eigenvalue weighted by atomic mass is 10.2. The van der Waals surface area contributed by atoms with Crippen LogP contribution < -0.4 is 5.32 Å². The van der Waals surface area contributed by atoms with Crippen LogP contribution in [0, 0.1) is 6.92 Å². The molecule has 0 unspecified atom stereocenters. The number of carbonyl (C=O) groups excluding carboxylic acids is 3. The van der Waals surface area contributed by atoms with Crippen molar-refractivity contribution in [1.82, 2.24) is 14.7 Å². The second kappa shape index (κ2) is 9.67.